The molecule has 2 atom stereocenters. The van der Waals surface area contributed by atoms with Crippen molar-refractivity contribution in [3.8, 4) is 17.6 Å². The fourth-order valence-electron chi connectivity index (χ4n) is 3.66. The number of nitriles is 1. The lowest BCUT2D eigenvalue weighted by Gasteiger charge is -2.16. The molecule has 2 amide bonds. The predicted molar refractivity (Wildman–Crippen MR) is 141 cm³/mol. The maximum atomic E-state index is 12.6. The number of hydrogen-bond acceptors (Lipinski definition) is 8. The Morgan fingerprint density at radius 1 is 1.13 bits per heavy atom. The van der Waals surface area contributed by atoms with Crippen molar-refractivity contribution >= 4 is 23.4 Å². The third-order valence-corrected chi connectivity index (χ3v) is 6.07. The summed E-state index contributed by atoms with van der Waals surface area (Å²) in [6, 6.07) is 18.3. The van der Waals surface area contributed by atoms with Gasteiger partial charge in [-0.2, -0.15) is 10.4 Å². The van der Waals surface area contributed by atoms with Crippen LogP contribution < -0.4 is 15.4 Å². The van der Waals surface area contributed by atoms with Gasteiger partial charge in [0.25, 0.3) is 5.91 Å². The van der Waals surface area contributed by atoms with Crippen LogP contribution in [0.1, 0.15) is 34.6 Å². The first-order chi connectivity index (χ1) is 18.4. The topological polar surface area (TPSA) is 132 Å². The van der Waals surface area contributed by atoms with Gasteiger partial charge in [0.1, 0.15) is 23.2 Å². The standard InChI is InChI=1S/C27H26ClN7O3/c1-2-18-3-5-19(6-4-18)24(15-29)32-27(37)25-17-35(34-33-25)14-13-30-26(36)23-12-11-22(16-31-23)38-21-9-7-20(28)8-10-21/h3-12,16,24-25H,2,13-14,17H2,1H3,(H,30,36)(H,32,37). The number of carbonyl (C=O) groups excluding carboxylic acids is 2. The number of aryl methyl sites for hydroxylation is 1. The Labute approximate surface area is 225 Å². The van der Waals surface area contributed by atoms with Gasteiger partial charge >= 0.3 is 0 Å². The molecule has 0 fully saturated rings. The van der Waals surface area contributed by atoms with Gasteiger partial charge in [-0.05, 0) is 53.9 Å². The molecule has 194 valence electrons. The molecule has 0 bridgehead atoms. The highest BCUT2D eigenvalue weighted by Gasteiger charge is 2.28. The number of ether oxygens (including phenoxy) is 1. The molecule has 2 unspecified atom stereocenters. The summed E-state index contributed by atoms with van der Waals surface area (Å²) in [7, 11) is 0. The van der Waals surface area contributed by atoms with Crippen LogP contribution in [0, 0.1) is 11.3 Å². The maximum Gasteiger partial charge on any atom is 0.269 e. The van der Waals surface area contributed by atoms with E-state index >= 15 is 0 Å². The van der Waals surface area contributed by atoms with Gasteiger partial charge in [-0.15, -0.1) is 0 Å². The number of pyridine rings is 1. The highest BCUT2D eigenvalue weighted by atomic mass is 35.5. The number of amides is 2. The van der Waals surface area contributed by atoms with Crippen LogP contribution in [0.25, 0.3) is 0 Å². The van der Waals surface area contributed by atoms with Crippen molar-refractivity contribution in [3.05, 3.63) is 88.7 Å². The molecular formula is C27H26ClN7O3. The first-order valence-corrected chi connectivity index (χ1v) is 12.4. The Morgan fingerprint density at radius 2 is 1.87 bits per heavy atom. The normalized spacial score (nSPS) is 15.0. The molecule has 2 heterocycles. The first-order valence-electron chi connectivity index (χ1n) is 12.1. The van der Waals surface area contributed by atoms with Crippen LogP contribution in [0.5, 0.6) is 11.5 Å². The van der Waals surface area contributed by atoms with E-state index in [0.29, 0.717) is 28.6 Å². The van der Waals surface area contributed by atoms with Crippen LogP contribution in [0.3, 0.4) is 0 Å². The minimum atomic E-state index is -0.771. The number of aromatic nitrogens is 1. The molecular weight excluding hydrogens is 506 g/mol. The summed E-state index contributed by atoms with van der Waals surface area (Å²) in [5, 5.41) is 25.3. The highest BCUT2D eigenvalue weighted by molar-refractivity contribution is 6.30. The maximum absolute atomic E-state index is 12.6. The lowest BCUT2D eigenvalue weighted by atomic mass is 10.0. The summed E-state index contributed by atoms with van der Waals surface area (Å²) < 4.78 is 5.68. The molecule has 0 saturated carbocycles. The van der Waals surface area contributed by atoms with E-state index in [4.69, 9.17) is 16.3 Å². The summed E-state index contributed by atoms with van der Waals surface area (Å²) in [5.74, 6) is 0.368. The molecule has 4 rings (SSSR count). The average molecular weight is 532 g/mol. The van der Waals surface area contributed by atoms with Gasteiger partial charge in [0.15, 0.2) is 6.04 Å². The zero-order valence-corrected chi connectivity index (χ0v) is 21.4. The minimum absolute atomic E-state index is 0.239. The van der Waals surface area contributed by atoms with Crippen molar-refractivity contribution in [3.63, 3.8) is 0 Å². The van der Waals surface area contributed by atoms with Crippen molar-refractivity contribution < 1.29 is 14.3 Å². The van der Waals surface area contributed by atoms with E-state index in [1.165, 1.54) is 6.20 Å². The Bertz CT molecular complexity index is 1320. The van der Waals surface area contributed by atoms with Crippen LogP contribution in [0.2, 0.25) is 5.02 Å². The number of rotatable bonds is 10. The quantitative estimate of drug-likeness (QED) is 0.402. The minimum Gasteiger partial charge on any atom is -0.456 e. The molecule has 1 aromatic heterocycles. The molecule has 10 nitrogen and oxygen atoms in total. The number of hydrogen-bond donors (Lipinski definition) is 2. The van der Waals surface area contributed by atoms with E-state index in [0.717, 1.165) is 12.0 Å². The first kappa shape index (κ1) is 26.6. The van der Waals surface area contributed by atoms with Gasteiger partial charge in [0, 0.05) is 11.6 Å². The number of benzene rings is 2. The second-order valence-corrected chi connectivity index (χ2v) is 8.93. The SMILES string of the molecule is CCc1ccc(C(C#N)NC(=O)C2CN(CCNC(=O)c3ccc(Oc4ccc(Cl)cc4)cn3)N=N2)cc1. The molecule has 2 aromatic carbocycles. The summed E-state index contributed by atoms with van der Waals surface area (Å²) >= 11 is 5.87. The Kier molecular flexibility index (Phi) is 8.85. The van der Waals surface area contributed by atoms with E-state index in [2.05, 4.69) is 38.9 Å². The van der Waals surface area contributed by atoms with Crippen molar-refractivity contribution in [1.82, 2.24) is 20.6 Å². The number of carbonyl (C=O) groups is 2. The second kappa shape index (κ2) is 12.7. The lowest BCUT2D eigenvalue weighted by Crippen LogP contribution is -2.40. The van der Waals surface area contributed by atoms with E-state index < -0.39 is 12.1 Å². The van der Waals surface area contributed by atoms with Gasteiger partial charge in [0.2, 0.25) is 5.91 Å². The van der Waals surface area contributed by atoms with Gasteiger partial charge in [-0.3, -0.25) is 14.6 Å². The highest BCUT2D eigenvalue weighted by Crippen LogP contribution is 2.22. The zero-order valence-electron chi connectivity index (χ0n) is 20.7. The lowest BCUT2D eigenvalue weighted by molar-refractivity contribution is -0.122. The molecule has 0 aliphatic carbocycles. The molecule has 38 heavy (non-hydrogen) atoms. The molecule has 3 aromatic rings. The van der Waals surface area contributed by atoms with Gasteiger partial charge in [-0.25, -0.2) is 4.98 Å². The summed E-state index contributed by atoms with van der Waals surface area (Å²) in [4.78, 5) is 29.2. The summed E-state index contributed by atoms with van der Waals surface area (Å²) in [6.07, 6.45) is 2.36. The van der Waals surface area contributed by atoms with Crippen LogP contribution in [0.4, 0.5) is 0 Å². The van der Waals surface area contributed by atoms with E-state index in [-0.39, 0.29) is 30.6 Å². The monoisotopic (exact) mass is 531 g/mol. The average Bonchev–Trinajstić information content (AvgIpc) is 3.42. The molecule has 2 N–H and O–H groups in total. The largest absolute Gasteiger partial charge is 0.456 e. The van der Waals surface area contributed by atoms with Gasteiger partial charge < -0.3 is 15.4 Å². The zero-order chi connectivity index (χ0) is 26.9. The third kappa shape index (κ3) is 7.05. The van der Waals surface area contributed by atoms with Crippen molar-refractivity contribution in [2.24, 2.45) is 10.3 Å². The third-order valence-electron chi connectivity index (χ3n) is 5.81. The predicted octanol–water partition coefficient (Wildman–Crippen LogP) is 4.25. The van der Waals surface area contributed by atoms with Crippen LogP contribution in [0.15, 0.2) is 77.2 Å². The van der Waals surface area contributed by atoms with E-state index in [9.17, 15) is 14.9 Å². The van der Waals surface area contributed by atoms with Crippen LogP contribution in [-0.4, -0.2) is 47.5 Å². The number of nitrogens with one attached hydrogen (secondary N) is 2. The van der Waals surface area contributed by atoms with E-state index in [1.54, 1.807) is 41.4 Å². The Hall–Kier alpha value is -4.49. The molecule has 0 saturated heterocycles. The fraction of sp³-hybridized carbons (Fsp3) is 0.259. The fourth-order valence-corrected chi connectivity index (χ4v) is 3.78. The number of halogens is 1. The van der Waals surface area contributed by atoms with Crippen molar-refractivity contribution in [2.45, 2.75) is 25.4 Å². The van der Waals surface area contributed by atoms with Gasteiger partial charge in [-0.1, -0.05) is 48.0 Å². The second-order valence-electron chi connectivity index (χ2n) is 8.49. The van der Waals surface area contributed by atoms with Crippen LogP contribution in [-0.2, 0) is 11.2 Å². The summed E-state index contributed by atoms with van der Waals surface area (Å²) in [5.41, 5.74) is 2.11. The van der Waals surface area contributed by atoms with Crippen molar-refractivity contribution in [2.75, 3.05) is 19.6 Å². The van der Waals surface area contributed by atoms with E-state index in [1.807, 2.05) is 24.3 Å². The molecule has 1 aliphatic heterocycles. The molecule has 0 radical (unpaired) electrons. The van der Waals surface area contributed by atoms with Crippen molar-refractivity contribution in [1.29, 1.82) is 5.26 Å². The smallest absolute Gasteiger partial charge is 0.269 e. The molecule has 0 spiro atoms. The Balaban J connectivity index is 1.20. The molecule has 1 aliphatic rings. The molecule has 11 heteroatoms. The van der Waals surface area contributed by atoms with Crippen LogP contribution >= 0.6 is 11.6 Å². The number of nitrogens with zero attached hydrogens (tertiary/aromatic N) is 5. The van der Waals surface area contributed by atoms with Gasteiger partial charge in [0.05, 0.1) is 25.4 Å². The summed E-state index contributed by atoms with van der Waals surface area (Å²) in [6.45, 7) is 2.94. The Morgan fingerprint density at radius 3 is 2.53 bits per heavy atom.